The predicted molar refractivity (Wildman–Crippen MR) is 84.6 cm³/mol. The first-order chi connectivity index (χ1) is 9.80. The molecular formula is C16H23N3O. The van der Waals surface area contributed by atoms with E-state index in [1.807, 2.05) is 12.1 Å². The largest absolute Gasteiger partial charge is 0.494 e. The van der Waals surface area contributed by atoms with E-state index in [1.54, 1.807) is 13.3 Å². The predicted octanol–water partition coefficient (Wildman–Crippen LogP) is 3.00. The monoisotopic (exact) mass is 273 g/mol. The molecule has 4 heteroatoms. The molecule has 4 nitrogen and oxygen atoms in total. The summed E-state index contributed by atoms with van der Waals surface area (Å²) in [6.07, 6.45) is 1.80. The summed E-state index contributed by atoms with van der Waals surface area (Å²) < 4.78 is 5.36. The molecule has 0 bridgehead atoms. The van der Waals surface area contributed by atoms with Crippen LogP contribution in [0, 0.1) is 0 Å². The van der Waals surface area contributed by atoms with Crippen molar-refractivity contribution in [2.45, 2.75) is 13.8 Å². The standard InChI is InChI=1S/C16H23N3O/c1-4-19(5-2)12-11-17-14-8-9-15(20-3)16-13(14)7-6-10-18-16/h6-10,17H,4-5,11-12H2,1-3H3. The molecule has 108 valence electrons. The van der Waals surface area contributed by atoms with Gasteiger partial charge in [0, 0.05) is 30.4 Å². The van der Waals surface area contributed by atoms with E-state index in [2.05, 4.69) is 41.2 Å². The van der Waals surface area contributed by atoms with Gasteiger partial charge in [-0.05, 0) is 37.4 Å². The summed E-state index contributed by atoms with van der Waals surface area (Å²) in [6.45, 7) is 8.53. The highest BCUT2D eigenvalue weighted by Gasteiger charge is 2.07. The molecule has 0 atom stereocenters. The molecule has 1 heterocycles. The van der Waals surface area contributed by atoms with Gasteiger partial charge in [0.25, 0.3) is 0 Å². The van der Waals surface area contributed by atoms with Crippen molar-refractivity contribution >= 4 is 16.6 Å². The number of ether oxygens (including phenoxy) is 1. The second kappa shape index (κ2) is 7.10. The molecule has 1 aromatic carbocycles. The molecule has 0 unspecified atom stereocenters. The van der Waals surface area contributed by atoms with E-state index in [4.69, 9.17) is 4.74 Å². The van der Waals surface area contributed by atoms with Crippen molar-refractivity contribution in [2.24, 2.45) is 0 Å². The summed E-state index contributed by atoms with van der Waals surface area (Å²) in [5.74, 6) is 0.815. The first kappa shape index (κ1) is 14.6. The SMILES string of the molecule is CCN(CC)CCNc1ccc(OC)c2ncccc12. The fraction of sp³-hybridized carbons (Fsp3) is 0.438. The van der Waals surface area contributed by atoms with Crippen LogP contribution < -0.4 is 10.1 Å². The summed E-state index contributed by atoms with van der Waals surface area (Å²) in [7, 11) is 1.68. The molecule has 0 amide bonds. The Bertz CT molecular complexity index is 552. The van der Waals surface area contributed by atoms with Gasteiger partial charge in [0.15, 0.2) is 0 Å². The quantitative estimate of drug-likeness (QED) is 0.841. The van der Waals surface area contributed by atoms with Crippen LogP contribution in [0.2, 0.25) is 0 Å². The number of hydrogen-bond acceptors (Lipinski definition) is 4. The number of hydrogen-bond donors (Lipinski definition) is 1. The van der Waals surface area contributed by atoms with Crippen LogP contribution in [0.15, 0.2) is 30.5 Å². The lowest BCUT2D eigenvalue weighted by Gasteiger charge is -2.19. The van der Waals surface area contributed by atoms with Crippen molar-refractivity contribution in [3.8, 4) is 5.75 Å². The molecule has 0 radical (unpaired) electrons. The van der Waals surface area contributed by atoms with Crippen LogP contribution in [0.4, 0.5) is 5.69 Å². The highest BCUT2D eigenvalue weighted by Crippen LogP contribution is 2.29. The number of benzene rings is 1. The number of nitrogens with one attached hydrogen (secondary N) is 1. The zero-order valence-electron chi connectivity index (χ0n) is 12.5. The van der Waals surface area contributed by atoms with Crippen LogP contribution in [0.1, 0.15) is 13.8 Å². The number of rotatable bonds is 7. The molecule has 1 N–H and O–H groups in total. The van der Waals surface area contributed by atoms with Gasteiger partial charge in [0.05, 0.1) is 7.11 Å². The van der Waals surface area contributed by atoms with Crippen molar-refractivity contribution in [1.29, 1.82) is 0 Å². The van der Waals surface area contributed by atoms with Gasteiger partial charge in [0.2, 0.25) is 0 Å². The molecule has 1 aromatic heterocycles. The summed E-state index contributed by atoms with van der Waals surface area (Å²) >= 11 is 0. The Morgan fingerprint density at radius 2 is 2.00 bits per heavy atom. The normalized spacial score (nSPS) is 11.0. The number of anilines is 1. The molecule has 0 aliphatic rings. The Morgan fingerprint density at radius 3 is 2.70 bits per heavy atom. The summed E-state index contributed by atoms with van der Waals surface area (Å²) in [5, 5.41) is 4.60. The zero-order valence-corrected chi connectivity index (χ0v) is 12.5. The summed E-state index contributed by atoms with van der Waals surface area (Å²) in [4.78, 5) is 6.81. The van der Waals surface area contributed by atoms with E-state index in [9.17, 15) is 0 Å². The van der Waals surface area contributed by atoms with E-state index in [-0.39, 0.29) is 0 Å². The van der Waals surface area contributed by atoms with Crippen molar-refractivity contribution in [1.82, 2.24) is 9.88 Å². The number of likely N-dealkylation sites (N-methyl/N-ethyl adjacent to an activating group) is 1. The Balaban J connectivity index is 2.15. The highest BCUT2D eigenvalue weighted by atomic mass is 16.5. The number of methoxy groups -OCH3 is 1. The van der Waals surface area contributed by atoms with E-state index in [0.29, 0.717) is 0 Å². The van der Waals surface area contributed by atoms with Crippen LogP contribution in [0.3, 0.4) is 0 Å². The van der Waals surface area contributed by atoms with Gasteiger partial charge in [-0.3, -0.25) is 4.98 Å². The molecular weight excluding hydrogens is 250 g/mol. The fourth-order valence-corrected chi connectivity index (χ4v) is 2.35. The Labute approximate surface area is 120 Å². The number of aromatic nitrogens is 1. The molecule has 0 spiro atoms. The van der Waals surface area contributed by atoms with Gasteiger partial charge in [-0.1, -0.05) is 13.8 Å². The molecule has 0 saturated carbocycles. The van der Waals surface area contributed by atoms with Gasteiger partial charge < -0.3 is 15.0 Å². The van der Waals surface area contributed by atoms with Crippen molar-refractivity contribution in [3.05, 3.63) is 30.5 Å². The first-order valence-electron chi connectivity index (χ1n) is 7.18. The Morgan fingerprint density at radius 1 is 1.20 bits per heavy atom. The maximum atomic E-state index is 5.36. The lowest BCUT2D eigenvalue weighted by molar-refractivity contribution is 0.316. The second-order valence-corrected chi connectivity index (χ2v) is 4.67. The van der Waals surface area contributed by atoms with Crippen LogP contribution in [0.25, 0.3) is 10.9 Å². The minimum atomic E-state index is 0.815. The average molecular weight is 273 g/mol. The van der Waals surface area contributed by atoms with E-state index >= 15 is 0 Å². The Kier molecular flexibility index (Phi) is 5.18. The number of fused-ring (bicyclic) bond motifs is 1. The smallest absolute Gasteiger partial charge is 0.145 e. The molecule has 0 aliphatic heterocycles. The van der Waals surface area contributed by atoms with E-state index in [1.165, 1.54) is 0 Å². The number of nitrogens with zero attached hydrogens (tertiary/aromatic N) is 2. The molecule has 0 fully saturated rings. The van der Waals surface area contributed by atoms with Gasteiger partial charge in [-0.25, -0.2) is 0 Å². The maximum absolute atomic E-state index is 5.36. The van der Waals surface area contributed by atoms with Gasteiger partial charge >= 0.3 is 0 Å². The van der Waals surface area contributed by atoms with Crippen LogP contribution in [-0.4, -0.2) is 43.2 Å². The molecule has 2 rings (SSSR count). The lowest BCUT2D eigenvalue weighted by Crippen LogP contribution is -2.28. The zero-order chi connectivity index (χ0) is 14.4. The highest BCUT2D eigenvalue weighted by molar-refractivity contribution is 5.95. The van der Waals surface area contributed by atoms with E-state index in [0.717, 1.165) is 48.5 Å². The minimum absolute atomic E-state index is 0.815. The Hall–Kier alpha value is -1.81. The molecule has 0 saturated heterocycles. The third-order valence-electron chi connectivity index (χ3n) is 3.59. The third-order valence-corrected chi connectivity index (χ3v) is 3.59. The van der Waals surface area contributed by atoms with Crippen LogP contribution >= 0.6 is 0 Å². The topological polar surface area (TPSA) is 37.4 Å². The average Bonchev–Trinajstić information content (AvgIpc) is 2.51. The molecule has 20 heavy (non-hydrogen) atoms. The first-order valence-corrected chi connectivity index (χ1v) is 7.18. The van der Waals surface area contributed by atoms with Gasteiger partial charge in [-0.15, -0.1) is 0 Å². The molecule has 0 aliphatic carbocycles. The van der Waals surface area contributed by atoms with Gasteiger partial charge in [-0.2, -0.15) is 0 Å². The summed E-state index contributed by atoms with van der Waals surface area (Å²) in [6, 6.07) is 8.06. The second-order valence-electron chi connectivity index (χ2n) is 4.67. The third kappa shape index (κ3) is 3.20. The maximum Gasteiger partial charge on any atom is 0.145 e. The van der Waals surface area contributed by atoms with Crippen LogP contribution in [0.5, 0.6) is 5.75 Å². The van der Waals surface area contributed by atoms with Crippen LogP contribution in [-0.2, 0) is 0 Å². The summed E-state index contributed by atoms with van der Waals surface area (Å²) in [5.41, 5.74) is 2.02. The van der Waals surface area contributed by atoms with Crippen molar-refractivity contribution < 1.29 is 4.74 Å². The molecule has 2 aromatic rings. The van der Waals surface area contributed by atoms with Crippen molar-refractivity contribution in [2.75, 3.05) is 38.6 Å². The lowest BCUT2D eigenvalue weighted by atomic mass is 10.1. The minimum Gasteiger partial charge on any atom is -0.494 e. The fourth-order valence-electron chi connectivity index (χ4n) is 2.35. The van der Waals surface area contributed by atoms with Crippen molar-refractivity contribution in [3.63, 3.8) is 0 Å². The van der Waals surface area contributed by atoms with E-state index < -0.39 is 0 Å². The number of pyridine rings is 1. The van der Waals surface area contributed by atoms with Gasteiger partial charge in [0.1, 0.15) is 11.3 Å².